The minimum Gasteiger partial charge on any atom is -0.392 e. The number of hydrogen-bond donors (Lipinski definition) is 5. The molecule has 1 unspecified atom stereocenters. The van der Waals surface area contributed by atoms with Crippen LogP contribution in [0.2, 0.25) is 0 Å². The third-order valence-corrected chi connectivity index (χ3v) is 7.87. The van der Waals surface area contributed by atoms with Crippen molar-refractivity contribution in [1.29, 1.82) is 0 Å². The van der Waals surface area contributed by atoms with E-state index in [9.17, 15) is 19.5 Å². The number of pyridine rings is 1. The number of para-hydroxylation sites is 1. The second-order valence-corrected chi connectivity index (χ2v) is 11.9. The second-order valence-electron chi connectivity index (χ2n) is 11.9. The quantitative estimate of drug-likeness (QED) is 0.124. The number of benzene rings is 2. The Morgan fingerprint density at radius 1 is 1.07 bits per heavy atom. The molecule has 2 amide bonds. The fourth-order valence-electron chi connectivity index (χ4n) is 5.66. The first-order chi connectivity index (χ1) is 22.0. The van der Waals surface area contributed by atoms with E-state index in [1.54, 1.807) is 7.05 Å². The maximum Gasteiger partial charge on any atom is 0.276 e. The van der Waals surface area contributed by atoms with E-state index in [-0.39, 0.29) is 31.7 Å². The Kier molecular flexibility index (Phi) is 9.78. The summed E-state index contributed by atoms with van der Waals surface area (Å²) >= 11 is 0. The van der Waals surface area contributed by atoms with Crippen LogP contribution in [0.25, 0.3) is 32.9 Å². The van der Waals surface area contributed by atoms with Crippen molar-refractivity contribution in [3.8, 4) is 11.3 Å². The monoisotopic (exact) mass is 624 g/mol. The molecule has 7 N–H and O–H groups in total. The zero-order chi connectivity index (χ0) is 33.0. The van der Waals surface area contributed by atoms with Gasteiger partial charge in [0.2, 0.25) is 11.8 Å². The number of hydrogen-bond acceptors (Lipinski definition) is 8. The number of aromatic nitrogens is 4. The minimum absolute atomic E-state index is 0.0272. The molecule has 1 atom stereocenters. The zero-order valence-electron chi connectivity index (χ0n) is 26.3. The topological polar surface area (TPSA) is 183 Å². The molecule has 2 aromatic carbocycles. The van der Waals surface area contributed by atoms with E-state index in [1.165, 1.54) is 4.68 Å². The first-order valence-corrected chi connectivity index (χ1v) is 15.3. The van der Waals surface area contributed by atoms with Gasteiger partial charge in [-0.05, 0) is 53.6 Å². The lowest BCUT2D eigenvalue weighted by Gasteiger charge is -2.16. The summed E-state index contributed by atoms with van der Waals surface area (Å²) in [6.45, 7) is 4.59. The highest BCUT2D eigenvalue weighted by Crippen LogP contribution is 2.33. The van der Waals surface area contributed by atoms with E-state index in [0.29, 0.717) is 30.1 Å². The lowest BCUT2D eigenvalue weighted by molar-refractivity contribution is -0.122. The number of rotatable bonds is 13. The van der Waals surface area contributed by atoms with Crippen LogP contribution in [-0.2, 0) is 36.2 Å². The van der Waals surface area contributed by atoms with Gasteiger partial charge in [-0.1, -0.05) is 50.2 Å². The number of primary amides is 1. The molecule has 0 radical (unpaired) electrons. The lowest BCUT2D eigenvalue weighted by Crippen LogP contribution is -2.43. The Bertz CT molecular complexity index is 1960. The van der Waals surface area contributed by atoms with Crippen molar-refractivity contribution in [2.75, 3.05) is 12.0 Å². The van der Waals surface area contributed by atoms with Gasteiger partial charge in [0.25, 0.3) is 5.56 Å². The smallest absolute Gasteiger partial charge is 0.276 e. The summed E-state index contributed by atoms with van der Waals surface area (Å²) in [4.78, 5) is 41.9. The SMILES string of the molecule is CC(C)Cc1nn(C)c(=O)c2c(-c3cccc(CO)c3)n(Cc3cc(NCNC(=O)C(N)CCC(N)=O)nc4ccccc34)cc12. The second kappa shape index (κ2) is 13.9. The number of nitrogens with one attached hydrogen (secondary N) is 2. The fraction of sp³-hybridized carbons (Fsp3) is 0.324. The zero-order valence-corrected chi connectivity index (χ0v) is 26.3. The highest BCUT2D eigenvalue weighted by atomic mass is 16.3. The average Bonchev–Trinajstić information content (AvgIpc) is 3.41. The maximum atomic E-state index is 13.7. The Morgan fingerprint density at radius 2 is 1.85 bits per heavy atom. The van der Waals surface area contributed by atoms with E-state index in [4.69, 9.17) is 16.5 Å². The van der Waals surface area contributed by atoms with Crippen molar-refractivity contribution in [3.05, 3.63) is 88.0 Å². The van der Waals surface area contributed by atoms with E-state index in [1.807, 2.05) is 60.8 Å². The van der Waals surface area contributed by atoms with E-state index < -0.39 is 17.9 Å². The molecule has 0 saturated heterocycles. The first kappa shape index (κ1) is 32.3. The predicted molar refractivity (Wildman–Crippen MR) is 179 cm³/mol. The summed E-state index contributed by atoms with van der Waals surface area (Å²) in [5.74, 6) is -0.0511. The highest BCUT2D eigenvalue weighted by Gasteiger charge is 2.21. The molecule has 0 bridgehead atoms. The number of nitrogens with zero attached hydrogens (tertiary/aromatic N) is 4. The summed E-state index contributed by atoms with van der Waals surface area (Å²) in [7, 11) is 1.68. The van der Waals surface area contributed by atoms with Crippen LogP contribution in [0, 0.1) is 5.92 Å². The number of aryl methyl sites for hydroxylation is 1. The Hall–Kier alpha value is -5.07. The molecule has 5 aromatic rings. The van der Waals surface area contributed by atoms with Gasteiger partial charge in [0.15, 0.2) is 0 Å². The average molecular weight is 625 g/mol. The maximum absolute atomic E-state index is 13.7. The molecular formula is C34H40N8O4. The number of amides is 2. The van der Waals surface area contributed by atoms with Gasteiger partial charge >= 0.3 is 0 Å². The van der Waals surface area contributed by atoms with Gasteiger partial charge in [0, 0.05) is 37.0 Å². The molecule has 5 rings (SSSR count). The van der Waals surface area contributed by atoms with E-state index in [2.05, 4.69) is 34.1 Å². The number of carbonyl (C=O) groups is 2. The summed E-state index contributed by atoms with van der Waals surface area (Å²) in [5, 5.41) is 22.7. The molecule has 3 aromatic heterocycles. The Labute approximate surface area is 266 Å². The van der Waals surface area contributed by atoms with Crippen LogP contribution in [0.15, 0.2) is 65.6 Å². The highest BCUT2D eigenvalue weighted by molar-refractivity contribution is 5.97. The lowest BCUT2D eigenvalue weighted by atomic mass is 10.0. The largest absolute Gasteiger partial charge is 0.392 e. The molecule has 12 heteroatoms. The molecule has 46 heavy (non-hydrogen) atoms. The number of aliphatic hydroxyl groups is 1. The summed E-state index contributed by atoms with van der Waals surface area (Å²) < 4.78 is 3.47. The van der Waals surface area contributed by atoms with Crippen LogP contribution in [-0.4, -0.2) is 49.0 Å². The molecule has 240 valence electrons. The van der Waals surface area contributed by atoms with E-state index >= 15 is 0 Å². The summed E-state index contributed by atoms with van der Waals surface area (Å²) in [6, 6.07) is 16.4. The van der Waals surface area contributed by atoms with Crippen molar-refractivity contribution in [1.82, 2.24) is 24.6 Å². The molecule has 0 aliphatic carbocycles. The first-order valence-electron chi connectivity index (χ1n) is 15.3. The molecular weight excluding hydrogens is 584 g/mol. The molecule has 0 spiro atoms. The molecule has 12 nitrogen and oxygen atoms in total. The normalized spacial score (nSPS) is 12.1. The summed E-state index contributed by atoms with van der Waals surface area (Å²) in [6.07, 6.45) is 2.89. The fourth-order valence-corrected chi connectivity index (χ4v) is 5.66. The van der Waals surface area contributed by atoms with Crippen molar-refractivity contribution in [2.24, 2.45) is 24.4 Å². The molecule has 0 aliphatic rings. The van der Waals surface area contributed by atoms with E-state index in [0.717, 1.165) is 44.4 Å². The van der Waals surface area contributed by atoms with Crippen LogP contribution < -0.4 is 27.7 Å². The molecule has 3 heterocycles. The number of fused-ring (bicyclic) bond motifs is 2. The van der Waals surface area contributed by atoms with Gasteiger partial charge < -0.3 is 31.8 Å². The van der Waals surface area contributed by atoms with Gasteiger partial charge in [-0.15, -0.1) is 0 Å². The Morgan fingerprint density at radius 3 is 2.59 bits per heavy atom. The Balaban J connectivity index is 1.57. The van der Waals surface area contributed by atoms with Gasteiger partial charge in [-0.2, -0.15) is 5.10 Å². The van der Waals surface area contributed by atoms with Crippen LogP contribution in [0.1, 0.15) is 43.5 Å². The predicted octanol–water partition coefficient (Wildman–Crippen LogP) is 2.77. The van der Waals surface area contributed by atoms with Crippen molar-refractivity contribution in [3.63, 3.8) is 0 Å². The van der Waals surface area contributed by atoms with Gasteiger partial charge in [-0.3, -0.25) is 14.4 Å². The number of carbonyl (C=O) groups excluding carboxylic acids is 2. The molecule has 0 aliphatic heterocycles. The third kappa shape index (κ3) is 7.08. The van der Waals surface area contributed by atoms with Gasteiger partial charge in [-0.25, -0.2) is 9.67 Å². The molecule has 0 saturated carbocycles. The van der Waals surface area contributed by atoms with Crippen LogP contribution in [0.4, 0.5) is 5.82 Å². The van der Waals surface area contributed by atoms with Crippen molar-refractivity contribution >= 4 is 39.3 Å². The van der Waals surface area contributed by atoms with Crippen LogP contribution >= 0.6 is 0 Å². The van der Waals surface area contributed by atoms with Gasteiger partial charge in [0.1, 0.15) is 5.82 Å². The third-order valence-electron chi connectivity index (χ3n) is 7.87. The standard InChI is InChI=1S/C34H40N8O4/c1-20(2)13-28-25-17-42(32(31(25)34(46)41(3)40-28)22-8-6-7-21(14-22)18-43)16-23-15-30(39-27-10-5-4-9-24(23)27)37-19-38-33(45)26(35)11-12-29(36)44/h4-10,14-15,17,20,26,43H,11-13,16,18-19,35H2,1-3H3,(H2,36,44)(H,37,39)(H,38,45). The molecule has 0 fully saturated rings. The van der Waals surface area contributed by atoms with Crippen LogP contribution in [0.5, 0.6) is 0 Å². The summed E-state index contributed by atoms with van der Waals surface area (Å²) in [5.41, 5.74) is 15.7. The van der Waals surface area contributed by atoms with Crippen molar-refractivity contribution < 1.29 is 14.7 Å². The van der Waals surface area contributed by atoms with Gasteiger partial charge in [0.05, 0.1) is 41.6 Å². The number of anilines is 1. The minimum atomic E-state index is -0.858. The van der Waals surface area contributed by atoms with Crippen LogP contribution in [0.3, 0.4) is 0 Å². The number of nitrogens with two attached hydrogens (primary N) is 2. The number of aliphatic hydroxyl groups excluding tert-OH is 1. The van der Waals surface area contributed by atoms with Crippen molar-refractivity contribution in [2.45, 2.75) is 52.3 Å².